The van der Waals surface area contributed by atoms with Crippen LogP contribution >= 0.6 is 0 Å². The molecule has 1 atom stereocenters. The van der Waals surface area contributed by atoms with Crippen LogP contribution < -0.4 is 0 Å². The largest absolute Gasteiger partial charge is 0.378 e. The Balaban J connectivity index is 0.000000461. The summed E-state index contributed by atoms with van der Waals surface area (Å²) in [6.07, 6.45) is 3.00. The predicted octanol–water partition coefficient (Wildman–Crippen LogP) is 3.24. The molecule has 1 rings (SSSR count). The van der Waals surface area contributed by atoms with Gasteiger partial charge in [0, 0.05) is 6.61 Å². The molecule has 0 radical (unpaired) electrons. The number of hydrogen-bond acceptors (Lipinski definition) is 1. The molecule has 1 aliphatic rings. The first kappa shape index (κ1) is 11.0. The van der Waals surface area contributed by atoms with Gasteiger partial charge in [-0.2, -0.15) is 0 Å². The van der Waals surface area contributed by atoms with Gasteiger partial charge in [0.25, 0.3) is 0 Å². The van der Waals surface area contributed by atoms with E-state index in [4.69, 9.17) is 4.74 Å². The van der Waals surface area contributed by atoms with Gasteiger partial charge in [0.1, 0.15) is 0 Å². The minimum atomic E-state index is 0.415. The summed E-state index contributed by atoms with van der Waals surface area (Å²) in [5.74, 6) is 0. The van der Waals surface area contributed by atoms with E-state index in [9.17, 15) is 0 Å². The number of rotatable bonds is 0. The van der Waals surface area contributed by atoms with E-state index in [1.807, 2.05) is 13.8 Å². The molecule has 0 aromatic rings. The third-order valence-corrected chi connectivity index (χ3v) is 2.43. The highest BCUT2D eigenvalue weighted by Crippen LogP contribution is 2.32. The molecule has 1 heteroatoms. The first-order valence-electron chi connectivity index (χ1n) is 4.74. The van der Waals surface area contributed by atoms with E-state index in [0.717, 1.165) is 6.61 Å². The molecule has 0 aromatic heterocycles. The molecule has 0 amide bonds. The van der Waals surface area contributed by atoms with Crippen molar-refractivity contribution >= 4 is 0 Å². The average molecular weight is 158 g/mol. The zero-order chi connectivity index (χ0) is 8.91. The molecule has 1 nitrogen and oxygen atoms in total. The molecule has 0 bridgehead atoms. The van der Waals surface area contributed by atoms with E-state index in [1.54, 1.807) is 0 Å². The Morgan fingerprint density at radius 1 is 1.27 bits per heavy atom. The SMILES string of the molecule is CC.C[C@H]1OCCCC1(C)C. The van der Waals surface area contributed by atoms with Crippen LogP contribution in [0.2, 0.25) is 0 Å². The highest BCUT2D eigenvalue weighted by molar-refractivity contribution is 4.78. The van der Waals surface area contributed by atoms with Gasteiger partial charge in [-0.1, -0.05) is 27.7 Å². The fourth-order valence-electron chi connectivity index (χ4n) is 1.22. The maximum Gasteiger partial charge on any atom is 0.0597 e. The summed E-state index contributed by atoms with van der Waals surface area (Å²) in [5.41, 5.74) is 0.415. The lowest BCUT2D eigenvalue weighted by atomic mass is 9.81. The van der Waals surface area contributed by atoms with Crippen LogP contribution in [0.25, 0.3) is 0 Å². The summed E-state index contributed by atoms with van der Waals surface area (Å²) < 4.78 is 5.49. The summed E-state index contributed by atoms with van der Waals surface area (Å²) in [4.78, 5) is 0. The van der Waals surface area contributed by atoms with Gasteiger partial charge in [-0.3, -0.25) is 0 Å². The minimum absolute atomic E-state index is 0.415. The molecule has 0 unspecified atom stereocenters. The third-order valence-electron chi connectivity index (χ3n) is 2.43. The van der Waals surface area contributed by atoms with E-state index in [-0.39, 0.29) is 0 Å². The van der Waals surface area contributed by atoms with Crippen molar-refractivity contribution < 1.29 is 4.74 Å². The second kappa shape index (κ2) is 4.76. The lowest BCUT2D eigenvalue weighted by Gasteiger charge is -2.36. The summed E-state index contributed by atoms with van der Waals surface area (Å²) in [6.45, 7) is 11.7. The predicted molar refractivity (Wildman–Crippen MR) is 49.8 cm³/mol. The summed E-state index contributed by atoms with van der Waals surface area (Å²) in [5, 5.41) is 0. The first-order valence-corrected chi connectivity index (χ1v) is 4.74. The van der Waals surface area contributed by atoms with Gasteiger partial charge in [0.05, 0.1) is 6.10 Å². The molecule has 1 saturated heterocycles. The van der Waals surface area contributed by atoms with Crippen LogP contribution in [-0.2, 0) is 4.74 Å². The van der Waals surface area contributed by atoms with E-state index >= 15 is 0 Å². The Labute approximate surface area is 71.1 Å². The van der Waals surface area contributed by atoms with Crippen LogP contribution in [0.3, 0.4) is 0 Å². The van der Waals surface area contributed by atoms with Crippen molar-refractivity contribution in [3.05, 3.63) is 0 Å². The Morgan fingerprint density at radius 2 is 1.82 bits per heavy atom. The van der Waals surface area contributed by atoms with Crippen LogP contribution in [-0.4, -0.2) is 12.7 Å². The molecular weight excluding hydrogens is 136 g/mol. The van der Waals surface area contributed by atoms with Crippen LogP contribution in [0.15, 0.2) is 0 Å². The van der Waals surface area contributed by atoms with Crippen molar-refractivity contribution in [3.8, 4) is 0 Å². The highest BCUT2D eigenvalue weighted by atomic mass is 16.5. The van der Waals surface area contributed by atoms with Crippen molar-refractivity contribution in [3.63, 3.8) is 0 Å². The van der Waals surface area contributed by atoms with E-state index in [2.05, 4.69) is 20.8 Å². The lowest BCUT2D eigenvalue weighted by molar-refractivity contribution is -0.0557. The van der Waals surface area contributed by atoms with Crippen LogP contribution in [0.1, 0.15) is 47.5 Å². The normalized spacial score (nSPS) is 28.6. The van der Waals surface area contributed by atoms with Gasteiger partial charge in [-0.25, -0.2) is 0 Å². The summed E-state index contributed by atoms with van der Waals surface area (Å²) in [7, 11) is 0. The Bertz CT molecular complexity index is 97.0. The van der Waals surface area contributed by atoms with Gasteiger partial charge in [0.15, 0.2) is 0 Å². The molecule has 0 N–H and O–H groups in total. The lowest BCUT2D eigenvalue weighted by Crippen LogP contribution is -2.34. The Morgan fingerprint density at radius 3 is 2.09 bits per heavy atom. The van der Waals surface area contributed by atoms with Gasteiger partial charge < -0.3 is 4.74 Å². The van der Waals surface area contributed by atoms with Crippen molar-refractivity contribution in [1.82, 2.24) is 0 Å². The fraction of sp³-hybridized carbons (Fsp3) is 1.00. The van der Waals surface area contributed by atoms with Gasteiger partial charge in [-0.05, 0) is 25.2 Å². The smallest absolute Gasteiger partial charge is 0.0597 e. The van der Waals surface area contributed by atoms with E-state index in [1.165, 1.54) is 12.8 Å². The molecular formula is C10H22O. The van der Waals surface area contributed by atoms with Crippen molar-refractivity contribution in [2.45, 2.75) is 53.6 Å². The molecule has 1 heterocycles. The monoisotopic (exact) mass is 158 g/mol. The van der Waals surface area contributed by atoms with Crippen LogP contribution in [0.5, 0.6) is 0 Å². The maximum absolute atomic E-state index is 5.49. The standard InChI is InChI=1S/C8H16O.C2H6/c1-7-8(2,3)5-4-6-9-7;1-2/h7H,4-6H2,1-3H3;1-2H3/t7-;/m1./s1. The van der Waals surface area contributed by atoms with Gasteiger partial charge in [0.2, 0.25) is 0 Å². The molecule has 1 aliphatic heterocycles. The molecule has 0 saturated carbocycles. The molecule has 68 valence electrons. The Hall–Kier alpha value is -0.0400. The number of hydrogen-bond donors (Lipinski definition) is 0. The van der Waals surface area contributed by atoms with Crippen LogP contribution in [0, 0.1) is 5.41 Å². The average Bonchev–Trinajstić information content (AvgIpc) is 2.00. The first-order chi connectivity index (χ1) is 5.13. The van der Waals surface area contributed by atoms with Crippen LogP contribution in [0.4, 0.5) is 0 Å². The van der Waals surface area contributed by atoms with Crippen molar-refractivity contribution in [2.24, 2.45) is 5.41 Å². The highest BCUT2D eigenvalue weighted by Gasteiger charge is 2.29. The minimum Gasteiger partial charge on any atom is -0.378 e. The zero-order valence-electron chi connectivity index (χ0n) is 8.61. The van der Waals surface area contributed by atoms with Gasteiger partial charge in [-0.15, -0.1) is 0 Å². The second-order valence-corrected chi connectivity index (χ2v) is 3.61. The zero-order valence-corrected chi connectivity index (χ0v) is 8.61. The summed E-state index contributed by atoms with van der Waals surface area (Å²) in [6, 6.07) is 0. The van der Waals surface area contributed by atoms with E-state index < -0.39 is 0 Å². The van der Waals surface area contributed by atoms with Gasteiger partial charge >= 0.3 is 0 Å². The van der Waals surface area contributed by atoms with Crippen molar-refractivity contribution in [1.29, 1.82) is 0 Å². The maximum atomic E-state index is 5.49. The topological polar surface area (TPSA) is 9.23 Å². The third kappa shape index (κ3) is 3.24. The molecule has 0 aromatic carbocycles. The quantitative estimate of drug-likeness (QED) is 0.526. The second-order valence-electron chi connectivity index (χ2n) is 3.61. The fourth-order valence-corrected chi connectivity index (χ4v) is 1.22. The number of ether oxygens (including phenoxy) is 1. The molecule has 11 heavy (non-hydrogen) atoms. The van der Waals surface area contributed by atoms with Crippen molar-refractivity contribution in [2.75, 3.05) is 6.61 Å². The molecule has 0 aliphatic carbocycles. The van der Waals surface area contributed by atoms with E-state index in [0.29, 0.717) is 11.5 Å². The molecule has 0 spiro atoms. The molecule has 1 fully saturated rings. The Kier molecular flexibility index (Phi) is 4.74. The summed E-state index contributed by atoms with van der Waals surface area (Å²) >= 11 is 0.